The van der Waals surface area contributed by atoms with Crippen LogP contribution in [0.15, 0.2) is 0 Å². The quantitative estimate of drug-likeness (QED) is 0.752. The van der Waals surface area contributed by atoms with Crippen molar-refractivity contribution in [1.82, 2.24) is 5.32 Å². The van der Waals surface area contributed by atoms with Crippen molar-refractivity contribution >= 4 is 5.91 Å². The smallest absolute Gasteiger partial charge is 0.224 e. The molecule has 0 spiro atoms. The molecular weight excluding hydrogens is 200 g/mol. The molecule has 0 aliphatic heterocycles. The third-order valence-electron chi connectivity index (χ3n) is 3.90. The second-order valence-electron chi connectivity index (χ2n) is 5.24. The Hall–Kier alpha value is -0.570. The Labute approximate surface area is 99.2 Å². The van der Waals surface area contributed by atoms with Gasteiger partial charge in [0, 0.05) is 19.0 Å². The molecule has 0 bridgehead atoms. The van der Waals surface area contributed by atoms with Crippen LogP contribution in [0.25, 0.3) is 0 Å². The van der Waals surface area contributed by atoms with E-state index in [9.17, 15) is 4.79 Å². The molecule has 0 aromatic carbocycles. The van der Waals surface area contributed by atoms with Crippen molar-refractivity contribution in [2.24, 2.45) is 23.5 Å². The van der Waals surface area contributed by atoms with Gasteiger partial charge < -0.3 is 11.1 Å². The number of carbonyl (C=O) groups is 1. The molecular formula is C13H26N2O. The van der Waals surface area contributed by atoms with Crippen LogP contribution in [0, 0.1) is 17.8 Å². The molecule has 0 aromatic heterocycles. The van der Waals surface area contributed by atoms with E-state index in [4.69, 9.17) is 5.73 Å². The van der Waals surface area contributed by atoms with E-state index in [1.807, 2.05) is 6.92 Å². The summed E-state index contributed by atoms with van der Waals surface area (Å²) in [4.78, 5) is 11.5. The third-order valence-corrected chi connectivity index (χ3v) is 3.90. The highest BCUT2D eigenvalue weighted by molar-refractivity contribution is 5.78. The van der Waals surface area contributed by atoms with Crippen LogP contribution in [0.4, 0.5) is 0 Å². The Morgan fingerprint density at radius 3 is 2.75 bits per heavy atom. The number of carbonyl (C=O) groups excluding carboxylic acids is 1. The minimum absolute atomic E-state index is 0.0521. The zero-order valence-electron chi connectivity index (χ0n) is 10.7. The van der Waals surface area contributed by atoms with Gasteiger partial charge in [-0.05, 0) is 18.3 Å². The van der Waals surface area contributed by atoms with Crippen molar-refractivity contribution in [2.75, 3.05) is 13.1 Å². The first-order valence-corrected chi connectivity index (χ1v) is 6.63. The van der Waals surface area contributed by atoms with Crippen molar-refractivity contribution in [3.05, 3.63) is 0 Å². The summed E-state index contributed by atoms with van der Waals surface area (Å²) in [5.74, 6) is 1.69. The van der Waals surface area contributed by atoms with Crippen LogP contribution in [0.5, 0.6) is 0 Å². The van der Waals surface area contributed by atoms with E-state index in [1.54, 1.807) is 0 Å². The average molecular weight is 226 g/mol. The molecule has 1 aliphatic carbocycles. The van der Waals surface area contributed by atoms with Crippen LogP contribution in [-0.4, -0.2) is 19.0 Å². The Kier molecular flexibility index (Phi) is 5.81. The first kappa shape index (κ1) is 13.5. The highest BCUT2D eigenvalue weighted by Gasteiger charge is 2.21. The lowest BCUT2D eigenvalue weighted by atomic mass is 9.79. The lowest BCUT2D eigenvalue weighted by Gasteiger charge is -2.28. The summed E-state index contributed by atoms with van der Waals surface area (Å²) in [5.41, 5.74) is 5.45. The normalized spacial score (nSPS) is 27.4. The predicted molar refractivity (Wildman–Crippen MR) is 67.0 cm³/mol. The topological polar surface area (TPSA) is 55.1 Å². The van der Waals surface area contributed by atoms with Gasteiger partial charge in [0.15, 0.2) is 0 Å². The summed E-state index contributed by atoms with van der Waals surface area (Å²) >= 11 is 0. The highest BCUT2D eigenvalue weighted by atomic mass is 16.1. The van der Waals surface area contributed by atoms with Crippen LogP contribution in [0.1, 0.15) is 46.0 Å². The molecule has 1 rings (SSSR count). The molecule has 1 saturated carbocycles. The van der Waals surface area contributed by atoms with Crippen molar-refractivity contribution in [2.45, 2.75) is 46.0 Å². The van der Waals surface area contributed by atoms with Gasteiger partial charge in [-0.3, -0.25) is 4.79 Å². The SMILES string of the molecule is CC(CN)C(=O)NCCC1CCCCC1C. The minimum Gasteiger partial charge on any atom is -0.356 e. The van der Waals surface area contributed by atoms with Gasteiger partial charge in [0.1, 0.15) is 0 Å². The van der Waals surface area contributed by atoms with Crippen LogP contribution < -0.4 is 11.1 Å². The minimum atomic E-state index is -0.0521. The van der Waals surface area contributed by atoms with Gasteiger partial charge in [0.25, 0.3) is 0 Å². The standard InChI is InChI=1S/C13H26N2O/c1-10-5-3-4-6-12(10)7-8-15-13(16)11(2)9-14/h10-12H,3-9,14H2,1-2H3,(H,15,16). The van der Waals surface area contributed by atoms with Gasteiger partial charge in [-0.25, -0.2) is 0 Å². The second-order valence-corrected chi connectivity index (χ2v) is 5.24. The molecule has 3 N–H and O–H groups in total. The number of nitrogens with two attached hydrogens (primary N) is 1. The largest absolute Gasteiger partial charge is 0.356 e. The van der Waals surface area contributed by atoms with Gasteiger partial charge in [-0.15, -0.1) is 0 Å². The van der Waals surface area contributed by atoms with E-state index in [0.717, 1.165) is 24.8 Å². The van der Waals surface area contributed by atoms with Crippen molar-refractivity contribution in [1.29, 1.82) is 0 Å². The van der Waals surface area contributed by atoms with Crippen LogP contribution in [-0.2, 0) is 4.79 Å². The van der Waals surface area contributed by atoms with E-state index in [2.05, 4.69) is 12.2 Å². The summed E-state index contributed by atoms with van der Waals surface area (Å²) < 4.78 is 0. The Balaban J connectivity index is 2.16. The van der Waals surface area contributed by atoms with Crippen LogP contribution in [0.2, 0.25) is 0 Å². The molecule has 1 fully saturated rings. The van der Waals surface area contributed by atoms with Crippen LogP contribution >= 0.6 is 0 Å². The summed E-state index contributed by atoms with van der Waals surface area (Å²) in [5, 5.41) is 2.98. The molecule has 3 atom stereocenters. The van der Waals surface area contributed by atoms with Crippen molar-refractivity contribution in [3.8, 4) is 0 Å². The predicted octanol–water partition coefficient (Wildman–Crippen LogP) is 1.91. The summed E-state index contributed by atoms with van der Waals surface area (Å²) in [7, 11) is 0. The zero-order chi connectivity index (χ0) is 12.0. The monoisotopic (exact) mass is 226 g/mol. The van der Waals surface area contributed by atoms with E-state index in [0.29, 0.717) is 6.54 Å². The van der Waals surface area contributed by atoms with Gasteiger partial charge in [-0.2, -0.15) is 0 Å². The second kappa shape index (κ2) is 6.89. The molecule has 94 valence electrons. The summed E-state index contributed by atoms with van der Waals surface area (Å²) in [6, 6.07) is 0. The first-order valence-electron chi connectivity index (χ1n) is 6.63. The fourth-order valence-corrected chi connectivity index (χ4v) is 2.48. The maximum atomic E-state index is 11.5. The number of nitrogens with one attached hydrogen (secondary N) is 1. The lowest BCUT2D eigenvalue weighted by molar-refractivity contribution is -0.124. The van der Waals surface area contributed by atoms with E-state index in [1.165, 1.54) is 25.7 Å². The maximum absolute atomic E-state index is 11.5. The average Bonchev–Trinajstić information content (AvgIpc) is 2.30. The van der Waals surface area contributed by atoms with Gasteiger partial charge in [-0.1, -0.05) is 39.5 Å². The Morgan fingerprint density at radius 1 is 1.44 bits per heavy atom. The number of hydrogen-bond donors (Lipinski definition) is 2. The molecule has 0 saturated heterocycles. The summed E-state index contributed by atoms with van der Waals surface area (Å²) in [6.45, 7) is 5.47. The van der Waals surface area contributed by atoms with Crippen molar-refractivity contribution in [3.63, 3.8) is 0 Å². The molecule has 3 nitrogen and oxygen atoms in total. The molecule has 0 radical (unpaired) electrons. The lowest BCUT2D eigenvalue weighted by Crippen LogP contribution is -2.35. The van der Waals surface area contributed by atoms with E-state index < -0.39 is 0 Å². The Bertz CT molecular complexity index is 218. The van der Waals surface area contributed by atoms with Crippen molar-refractivity contribution < 1.29 is 4.79 Å². The van der Waals surface area contributed by atoms with Gasteiger partial charge in [0.05, 0.1) is 0 Å². The molecule has 3 heteroatoms. The van der Waals surface area contributed by atoms with E-state index in [-0.39, 0.29) is 11.8 Å². The molecule has 16 heavy (non-hydrogen) atoms. The van der Waals surface area contributed by atoms with Gasteiger partial charge >= 0.3 is 0 Å². The molecule has 3 unspecified atom stereocenters. The zero-order valence-corrected chi connectivity index (χ0v) is 10.7. The first-order chi connectivity index (χ1) is 7.65. The third kappa shape index (κ3) is 4.12. The molecule has 1 amide bonds. The van der Waals surface area contributed by atoms with E-state index >= 15 is 0 Å². The molecule has 0 aromatic rings. The maximum Gasteiger partial charge on any atom is 0.224 e. The summed E-state index contributed by atoms with van der Waals surface area (Å²) in [6.07, 6.45) is 6.57. The fourth-order valence-electron chi connectivity index (χ4n) is 2.48. The molecule has 0 heterocycles. The fraction of sp³-hybridized carbons (Fsp3) is 0.923. The highest BCUT2D eigenvalue weighted by Crippen LogP contribution is 2.31. The molecule has 1 aliphatic rings. The van der Waals surface area contributed by atoms with Crippen LogP contribution in [0.3, 0.4) is 0 Å². The number of hydrogen-bond acceptors (Lipinski definition) is 2. The Morgan fingerprint density at radius 2 is 2.12 bits per heavy atom. The number of rotatable bonds is 5. The van der Waals surface area contributed by atoms with Gasteiger partial charge in [0.2, 0.25) is 5.91 Å². The number of amides is 1.